The van der Waals surface area contributed by atoms with Gasteiger partial charge in [-0.15, -0.1) is 6.58 Å². The average Bonchev–Trinajstić information content (AvgIpc) is 2.40. The maximum Gasteiger partial charge on any atom is 0.0845 e. The smallest absolute Gasteiger partial charge is 0.0845 e. The number of aliphatic hydroxyl groups excluding tert-OH is 1. The number of hydrogen-bond acceptors (Lipinski definition) is 2. The summed E-state index contributed by atoms with van der Waals surface area (Å²) in [5, 5.41) is 9.14. The van der Waals surface area contributed by atoms with Gasteiger partial charge in [0.2, 0.25) is 0 Å². The van der Waals surface area contributed by atoms with Gasteiger partial charge in [-0.2, -0.15) is 0 Å². The van der Waals surface area contributed by atoms with Crippen LogP contribution < -0.4 is 0 Å². The third kappa shape index (κ3) is 1.58. The minimum Gasteiger partial charge on any atom is -0.388 e. The number of hydrogen-bond donors (Lipinski definition) is 1. The Morgan fingerprint density at radius 3 is 2.60 bits per heavy atom. The Kier molecular flexibility index (Phi) is 1.84. The summed E-state index contributed by atoms with van der Waals surface area (Å²) < 4.78 is 0. The molecule has 0 aliphatic carbocycles. The summed E-state index contributed by atoms with van der Waals surface area (Å²) in [5.41, 5.74) is 0.323. The van der Waals surface area contributed by atoms with Crippen molar-refractivity contribution in [3.63, 3.8) is 0 Å². The van der Waals surface area contributed by atoms with Crippen molar-refractivity contribution in [2.45, 2.75) is 25.5 Å². The highest BCUT2D eigenvalue weighted by molar-refractivity contribution is 5.01. The summed E-state index contributed by atoms with van der Waals surface area (Å²) in [7, 11) is 0. The van der Waals surface area contributed by atoms with Gasteiger partial charge in [0.05, 0.1) is 6.10 Å². The Bertz CT molecular complexity index is 142. The van der Waals surface area contributed by atoms with Crippen molar-refractivity contribution >= 4 is 0 Å². The van der Waals surface area contributed by atoms with Crippen molar-refractivity contribution in [1.82, 2.24) is 4.90 Å². The molecule has 0 aromatic carbocycles. The SMILES string of the molecule is C=CC(O)CN1CC1(C)C. The van der Waals surface area contributed by atoms with Crippen molar-refractivity contribution < 1.29 is 5.11 Å². The molecule has 2 heteroatoms. The number of nitrogens with zero attached hydrogens (tertiary/aromatic N) is 1. The molecule has 1 rings (SSSR count). The average molecular weight is 141 g/mol. The predicted octanol–water partition coefficient (Wildman–Crippen LogP) is 0.627. The van der Waals surface area contributed by atoms with Crippen LogP contribution in [0.1, 0.15) is 13.8 Å². The molecule has 0 spiro atoms. The van der Waals surface area contributed by atoms with Crippen molar-refractivity contribution in [2.75, 3.05) is 13.1 Å². The lowest BCUT2D eigenvalue weighted by atomic mass is 10.2. The fourth-order valence-corrected chi connectivity index (χ4v) is 1.04. The van der Waals surface area contributed by atoms with Gasteiger partial charge in [0.25, 0.3) is 0 Å². The van der Waals surface area contributed by atoms with E-state index < -0.39 is 0 Å². The molecule has 1 heterocycles. The second-order valence-corrected chi connectivity index (χ2v) is 3.50. The summed E-state index contributed by atoms with van der Waals surface area (Å²) in [6.07, 6.45) is 1.22. The van der Waals surface area contributed by atoms with Gasteiger partial charge in [0.15, 0.2) is 0 Å². The second-order valence-electron chi connectivity index (χ2n) is 3.50. The summed E-state index contributed by atoms with van der Waals surface area (Å²) in [5.74, 6) is 0. The molecule has 1 fully saturated rings. The summed E-state index contributed by atoms with van der Waals surface area (Å²) in [6.45, 7) is 9.68. The van der Waals surface area contributed by atoms with Gasteiger partial charge < -0.3 is 5.11 Å². The van der Waals surface area contributed by atoms with Gasteiger partial charge in [-0.3, -0.25) is 4.90 Å². The molecular formula is C8H15NO. The molecule has 58 valence electrons. The normalized spacial score (nSPS) is 31.3. The highest BCUT2D eigenvalue weighted by atomic mass is 16.3. The minimum absolute atomic E-state index is 0.323. The molecule has 0 aromatic heterocycles. The van der Waals surface area contributed by atoms with Crippen molar-refractivity contribution in [1.29, 1.82) is 0 Å². The Morgan fingerprint density at radius 2 is 2.30 bits per heavy atom. The monoisotopic (exact) mass is 141 g/mol. The molecule has 2 nitrogen and oxygen atoms in total. The Balaban J connectivity index is 2.23. The predicted molar refractivity (Wildman–Crippen MR) is 41.9 cm³/mol. The van der Waals surface area contributed by atoms with Crippen LogP contribution in [0.15, 0.2) is 12.7 Å². The van der Waals surface area contributed by atoms with E-state index in [9.17, 15) is 0 Å². The standard InChI is InChI=1S/C8H15NO/c1-4-7(10)5-9-6-8(9,2)3/h4,7,10H,1,5-6H2,2-3H3. The second kappa shape index (κ2) is 2.36. The Morgan fingerprint density at radius 1 is 1.80 bits per heavy atom. The third-order valence-corrected chi connectivity index (χ3v) is 2.01. The van der Waals surface area contributed by atoms with Gasteiger partial charge in [-0.05, 0) is 13.8 Å². The van der Waals surface area contributed by atoms with E-state index in [1.165, 1.54) is 0 Å². The largest absolute Gasteiger partial charge is 0.388 e. The van der Waals surface area contributed by atoms with Crippen LogP contribution in [-0.4, -0.2) is 34.7 Å². The van der Waals surface area contributed by atoms with Gasteiger partial charge in [-0.1, -0.05) is 6.08 Å². The third-order valence-electron chi connectivity index (χ3n) is 2.01. The fraction of sp³-hybridized carbons (Fsp3) is 0.750. The first-order chi connectivity index (χ1) is 4.56. The van der Waals surface area contributed by atoms with Crippen LogP contribution in [-0.2, 0) is 0 Å². The van der Waals surface area contributed by atoms with Crippen LogP contribution in [0.2, 0.25) is 0 Å². The molecule has 0 aromatic rings. The van der Waals surface area contributed by atoms with E-state index in [0.29, 0.717) is 5.54 Å². The van der Waals surface area contributed by atoms with Crippen molar-refractivity contribution in [3.05, 3.63) is 12.7 Å². The molecule has 10 heavy (non-hydrogen) atoms. The van der Waals surface area contributed by atoms with Crippen LogP contribution in [0.3, 0.4) is 0 Å². The van der Waals surface area contributed by atoms with Gasteiger partial charge in [0.1, 0.15) is 0 Å². The van der Waals surface area contributed by atoms with E-state index in [1.54, 1.807) is 6.08 Å². The maximum absolute atomic E-state index is 9.14. The molecule has 2 unspecified atom stereocenters. The van der Waals surface area contributed by atoms with E-state index in [-0.39, 0.29) is 6.10 Å². The molecule has 1 N–H and O–H groups in total. The quantitative estimate of drug-likeness (QED) is 0.460. The van der Waals surface area contributed by atoms with Gasteiger partial charge in [0, 0.05) is 18.6 Å². The first-order valence-corrected chi connectivity index (χ1v) is 3.62. The minimum atomic E-state index is -0.359. The molecule has 0 radical (unpaired) electrons. The first kappa shape index (κ1) is 7.76. The first-order valence-electron chi connectivity index (χ1n) is 3.62. The summed E-state index contributed by atoms with van der Waals surface area (Å²) in [6, 6.07) is 0. The molecule has 1 aliphatic heterocycles. The lowest BCUT2D eigenvalue weighted by Crippen LogP contribution is -2.20. The van der Waals surface area contributed by atoms with E-state index in [2.05, 4.69) is 25.3 Å². The molecule has 1 saturated heterocycles. The Hall–Kier alpha value is -0.340. The van der Waals surface area contributed by atoms with Crippen LogP contribution >= 0.6 is 0 Å². The number of rotatable bonds is 3. The highest BCUT2D eigenvalue weighted by Crippen LogP contribution is 2.30. The Labute approximate surface area is 62.2 Å². The number of β-amino-alcohol motifs (C(OH)–C–C–N with tert-alkyl or cyclic N) is 1. The fourth-order valence-electron chi connectivity index (χ4n) is 1.04. The lowest BCUT2D eigenvalue weighted by molar-refractivity contribution is 0.190. The maximum atomic E-state index is 9.14. The highest BCUT2D eigenvalue weighted by Gasteiger charge is 2.42. The zero-order chi connectivity index (χ0) is 7.78. The van der Waals surface area contributed by atoms with Crippen LogP contribution in [0.4, 0.5) is 0 Å². The van der Waals surface area contributed by atoms with Crippen molar-refractivity contribution in [3.8, 4) is 0 Å². The topological polar surface area (TPSA) is 23.2 Å². The molecule has 0 amide bonds. The zero-order valence-corrected chi connectivity index (χ0v) is 6.67. The summed E-state index contributed by atoms with van der Waals surface area (Å²) in [4.78, 5) is 2.22. The van der Waals surface area contributed by atoms with E-state index in [4.69, 9.17) is 5.11 Å². The van der Waals surface area contributed by atoms with Gasteiger partial charge in [-0.25, -0.2) is 0 Å². The van der Waals surface area contributed by atoms with E-state index in [0.717, 1.165) is 13.1 Å². The molecule has 1 aliphatic rings. The number of aliphatic hydroxyl groups is 1. The zero-order valence-electron chi connectivity index (χ0n) is 6.67. The molecule has 0 bridgehead atoms. The van der Waals surface area contributed by atoms with Crippen LogP contribution in [0, 0.1) is 0 Å². The van der Waals surface area contributed by atoms with Gasteiger partial charge >= 0.3 is 0 Å². The van der Waals surface area contributed by atoms with Crippen molar-refractivity contribution in [2.24, 2.45) is 0 Å². The van der Waals surface area contributed by atoms with Crippen LogP contribution in [0.5, 0.6) is 0 Å². The van der Waals surface area contributed by atoms with Crippen LogP contribution in [0.25, 0.3) is 0 Å². The van der Waals surface area contributed by atoms with E-state index in [1.807, 2.05) is 0 Å². The molecule has 0 saturated carbocycles. The lowest BCUT2D eigenvalue weighted by Gasteiger charge is -2.08. The molecule has 2 atom stereocenters. The molecular weight excluding hydrogens is 126 g/mol. The van der Waals surface area contributed by atoms with E-state index >= 15 is 0 Å². The summed E-state index contributed by atoms with van der Waals surface area (Å²) >= 11 is 0.